The van der Waals surface area contributed by atoms with Gasteiger partial charge in [0.2, 0.25) is 0 Å². The normalized spacial score (nSPS) is 15.8. The van der Waals surface area contributed by atoms with Crippen LogP contribution in [0.5, 0.6) is 0 Å². The van der Waals surface area contributed by atoms with Gasteiger partial charge in [-0.1, -0.05) is 24.4 Å². The summed E-state index contributed by atoms with van der Waals surface area (Å²) in [6.07, 6.45) is 6.96. The molecular weight excluding hydrogens is 260 g/mol. The number of nitrogens with zero attached hydrogens (tertiary/aromatic N) is 3. The van der Waals surface area contributed by atoms with Gasteiger partial charge in [0.05, 0.1) is 6.54 Å². The second-order valence-corrected chi connectivity index (χ2v) is 5.39. The maximum atomic E-state index is 5.87. The van der Waals surface area contributed by atoms with Crippen LogP contribution >= 0.6 is 11.6 Å². The molecule has 3 rings (SSSR count). The van der Waals surface area contributed by atoms with Crippen molar-refractivity contribution in [3.63, 3.8) is 0 Å². The quantitative estimate of drug-likeness (QED) is 0.927. The van der Waals surface area contributed by atoms with Gasteiger partial charge in [0.25, 0.3) is 0 Å². The Bertz CT molecular complexity index is 529. The highest BCUT2D eigenvalue weighted by Crippen LogP contribution is 2.29. The highest BCUT2D eigenvalue weighted by Gasteiger charge is 2.19. The van der Waals surface area contributed by atoms with E-state index in [9.17, 15) is 0 Å². The number of anilines is 1. The van der Waals surface area contributed by atoms with Gasteiger partial charge in [-0.2, -0.15) is 0 Å². The summed E-state index contributed by atoms with van der Waals surface area (Å²) in [5, 5.41) is 12.4. The molecule has 19 heavy (non-hydrogen) atoms. The first-order chi connectivity index (χ1) is 9.33. The van der Waals surface area contributed by atoms with Crippen molar-refractivity contribution in [2.75, 3.05) is 5.32 Å². The molecule has 1 aliphatic carbocycles. The van der Waals surface area contributed by atoms with Crippen LogP contribution in [0.1, 0.15) is 37.5 Å². The van der Waals surface area contributed by atoms with E-state index in [1.807, 2.05) is 30.6 Å². The van der Waals surface area contributed by atoms with Crippen LogP contribution in [0.25, 0.3) is 0 Å². The molecule has 1 heterocycles. The molecule has 1 saturated carbocycles. The van der Waals surface area contributed by atoms with Crippen LogP contribution in [0.15, 0.2) is 30.6 Å². The Morgan fingerprint density at radius 2 is 1.95 bits per heavy atom. The second-order valence-electron chi connectivity index (χ2n) is 4.95. The SMILES string of the molecule is Clc1ccc(NCc2nncn2C2CCCC2)cc1. The Kier molecular flexibility index (Phi) is 3.69. The summed E-state index contributed by atoms with van der Waals surface area (Å²) in [4.78, 5) is 0. The second kappa shape index (κ2) is 5.61. The minimum Gasteiger partial charge on any atom is -0.378 e. The molecule has 0 saturated heterocycles. The lowest BCUT2D eigenvalue weighted by Crippen LogP contribution is -2.12. The zero-order chi connectivity index (χ0) is 13.1. The lowest BCUT2D eigenvalue weighted by molar-refractivity contribution is 0.499. The summed E-state index contributed by atoms with van der Waals surface area (Å²) in [5.74, 6) is 1.00. The Labute approximate surface area is 117 Å². The van der Waals surface area contributed by atoms with Crippen molar-refractivity contribution in [2.24, 2.45) is 0 Å². The first-order valence-corrected chi connectivity index (χ1v) is 7.08. The van der Waals surface area contributed by atoms with Gasteiger partial charge in [-0.3, -0.25) is 0 Å². The van der Waals surface area contributed by atoms with E-state index in [4.69, 9.17) is 11.6 Å². The van der Waals surface area contributed by atoms with Gasteiger partial charge in [-0.15, -0.1) is 10.2 Å². The van der Waals surface area contributed by atoms with Crippen molar-refractivity contribution >= 4 is 17.3 Å². The number of benzene rings is 1. The summed E-state index contributed by atoms with van der Waals surface area (Å²) in [5.41, 5.74) is 1.05. The number of nitrogens with one attached hydrogen (secondary N) is 1. The molecule has 0 atom stereocenters. The standard InChI is InChI=1S/C14H17ClN4/c15-11-5-7-12(8-6-11)16-9-14-18-17-10-19(14)13-3-1-2-4-13/h5-8,10,13,16H,1-4,9H2. The van der Waals surface area contributed by atoms with Crippen LogP contribution < -0.4 is 5.32 Å². The fraction of sp³-hybridized carbons (Fsp3) is 0.429. The molecule has 0 radical (unpaired) electrons. The maximum absolute atomic E-state index is 5.87. The van der Waals surface area contributed by atoms with E-state index in [1.165, 1.54) is 25.7 Å². The molecule has 1 fully saturated rings. The Hall–Kier alpha value is -1.55. The van der Waals surface area contributed by atoms with Crippen molar-refractivity contribution < 1.29 is 0 Å². The maximum Gasteiger partial charge on any atom is 0.152 e. The molecule has 0 spiro atoms. The number of hydrogen-bond acceptors (Lipinski definition) is 3. The predicted octanol–water partition coefficient (Wildman–Crippen LogP) is 3.66. The summed E-state index contributed by atoms with van der Waals surface area (Å²) in [6, 6.07) is 8.28. The lowest BCUT2D eigenvalue weighted by atomic mass is 10.2. The molecule has 0 bridgehead atoms. The molecule has 0 aliphatic heterocycles. The average Bonchev–Trinajstić information content (AvgIpc) is 3.08. The van der Waals surface area contributed by atoms with E-state index in [0.717, 1.165) is 16.5 Å². The van der Waals surface area contributed by atoms with Crippen molar-refractivity contribution in [1.29, 1.82) is 0 Å². The van der Waals surface area contributed by atoms with Crippen molar-refractivity contribution in [1.82, 2.24) is 14.8 Å². The number of hydrogen-bond donors (Lipinski definition) is 1. The van der Waals surface area contributed by atoms with E-state index in [2.05, 4.69) is 20.1 Å². The molecule has 1 N–H and O–H groups in total. The fourth-order valence-electron chi connectivity index (χ4n) is 2.63. The van der Waals surface area contributed by atoms with E-state index in [0.29, 0.717) is 12.6 Å². The first-order valence-electron chi connectivity index (χ1n) is 6.71. The molecular formula is C14H17ClN4. The number of halogens is 1. The molecule has 4 nitrogen and oxygen atoms in total. The topological polar surface area (TPSA) is 42.7 Å². The van der Waals surface area contributed by atoms with Crippen LogP contribution in [0.3, 0.4) is 0 Å². The predicted molar refractivity (Wildman–Crippen MR) is 76.3 cm³/mol. The van der Waals surface area contributed by atoms with Crippen LogP contribution in [0.4, 0.5) is 5.69 Å². The van der Waals surface area contributed by atoms with Gasteiger partial charge in [-0.05, 0) is 37.1 Å². The van der Waals surface area contributed by atoms with E-state index < -0.39 is 0 Å². The molecule has 2 aromatic rings. The fourth-order valence-corrected chi connectivity index (χ4v) is 2.76. The molecule has 1 aromatic carbocycles. The lowest BCUT2D eigenvalue weighted by Gasteiger charge is -2.14. The summed E-state index contributed by atoms with van der Waals surface area (Å²) < 4.78 is 2.22. The molecule has 1 aliphatic rings. The summed E-state index contributed by atoms with van der Waals surface area (Å²) in [7, 11) is 0. The van der Waals surface area contributed by atoms with Gasteiger partial charge in [0, 0.05) is 16.8 Å². The number of rotatable bonds is 4. The molecule has 100 valence electrons. The Morgan fingerprint density at radius 1 is 1.21 bits per heavy atom. The van der Waals surface area contributed by atoms with Gasteiger partial charge < -0.3 is 9.88 Å². The first kappa shape index (κ1) is 12.5. The summed E-state index contributed by atoms with van der Waals surface area (Å²) in [6.45, 7) is 0.693. The largest absolute Gasteiger partial charge is 0.378 e. The minimum atomic E-state index is 0.581. The monoisotopic (exact) mass is 276 g/mol. The Morgan fingerprint density at radius 3 is 2.68 bits per heavy atom. The van der Waals surface area contributed by atoms with Crippen LogP contribution in [0.2, 0.25) is 5.02 Å². The molecule has 1 aromatic heterocycles. The van der Waals surface area contributed by atoms with Crippen molar-refractivity contribution in [2.45, 2.75) is 38.3 Å². The van der Waals surface area contributed by atoms with E-state index >= 15 is 0 Å². The van der Waals surface area contributed by atoms with E-state index in [-0.39, 0.29) is 0 Å². The Balaban J connectivity index is 1.66. The van der Waals surface area contributed by atoms with Gasteiger partial charge in [0.15, 0.2) is 5.82 Å². The van der Waals surface area contributed by atoms with E-state index in [1.54, 1.807) is 0 Å². The van der Waals surface area contributed by atoms with Crippen LogP contribution in [-0.4, -0.2) is 14.8 Å². The highest BCUT2D eigenvalue weighted by molar-refractivity contribution is 6.30. The number of aromatic nitrogens is 3. The zero-order valence-corrected chi connectivity index (χ0v) is 11.5. The third-order valence-corrected chi connectivity index (χ3v) is 3.91. The molecule has 0 unspecified atom stereocenters. The van der Waals surface area contributed by atoms with Gasteiger partial charge >= 0.3 is 0 Å². The van der Waals surface area contributed by atoms with Crippen molar-refractivity contribution in [3.8, 4) is 0 Å². The molecule has 5 heteroatoms. The van der Waals surface area contributed by atoms with Gasteiger partial charge in [-0.25, -0.2) is 0 Å². The van der Waals surface area contributed by atoms with Crippen LogP contribution in [0, 0.1) is 0 Å². The highest BCUT2D eigenvalue weighted by atomic mass is 35.5. The van der Waals surface area contributed by atoms with Gasteiger partial charge in [0.1, 0.15) is 6.33 Å². The smallest absolute Gasteiger partial charge is 0.152 e. The minimum absolute atomic E-state index is 0.581. The third kappa shape index (κ3) is 2.89. The van der Waals surface area contributed by atoms with Crippen LogP contribution in [-0.2, 0) is 6.54 Å². The third-order valence-electron chi connectivity index (χ3n) is 3.66. The molecule has 0 amide bonds. The van der Waals surface area contributed by atoms with Crippen molar-refractivity contribution in [3.05, 3.63) is 41.4 Å². The average molecular weight is 277 g/mol. The summed E-state index contributed by atoms with van der Waals surface area (Å²) >= 11 is 5.87. The zero-order valence-electron chi connectivity index (χ0n) is 10.7.